The van der Waals surface area contributed by atoms with E-state index in [0.29, 0.717) is 11.6 Å². The molecular formula is C13H24N2S. The summed E-state index contributed by atoms with van der Waals surface area (Å²) in [7, 11) is 2.12. The quantitative estimate of drug-likeness (QED) is 0.794. The van der Waals surface area contributed by atoms with Crippen molar-refractivity contribution in [3.63, 3.8) is 0 Å². The van der Waals surface area contributed by atoms with E-state index in [4.69, 9.17) is 0 Å². The standard InChI is InChI=1S/C13H24N2S/c1-14-12-9-15(6-7-16-10-12)13-4-2-11(8-13)3-5-13/h11-12,14H,2-10H2,1H3. The van der Waals surface area contributed by atoms with Gasteiger partial charge in [0, 0.05) is 36.2 Å². The molecule has 0 amide bonds. The van der Waals surface area contributed by atoms with Crippen molar-refractivity contribution in [1.29, 1.82) is 0 Å². The summed E-state index contributed by atoms with van der Waals surface area (Å²) in [6, 6.07) is 0.710. The van der Waals surface area contributed by atoms with Crippen LogP contribution in [0, 0.1) is 5.92 Å². The van der Waals surface area contributed by atoms with E-state index >= 15 is 0 Å². The molecule has 2 bridgehead atoms. The van der Waals surface area contributed by atoms with Crippen LogP contribution in [-0.4, -0.2) is 48.1 Å². The normalized spacial score (nSPS) is 44.8. The first-order chi connectivity index (χ1) is 7.82. The molecule has 2 nitrogen and oxygen atoms in total. The van der Waals surface area contributed by atoms with Crippen LogP contribution in [0.4, 0.5) is 0 Å². The highest BCUT2D eigenvalue weighted by molar-refractivity contribution is 7.99. The van der Waals surface area contributed by atoms with Crippen molar-refractivity contribution < 1.29 is 0 Å². The maximum Gasteiger partial charge on any atom is 0.0282 e. The Morgan fingerprint density at radius 2 is 2.12 bits per heavy atom. The van der Waals surface area contributed by atoms with E-state index in [2.05, 4.69) is 29.0 Å². The van der Waals surface area contributed by atoms with Gasteiger partial charge in [0.15, 0.2) is 0 Å². The summed E-state index contributed by atoms with van der Waals surface area (Å²) in [6.07, 6.45) is 7.49. The molecule has 3 rings (SSSR count). The van der Waals surface area contributed by atoms with Gasteiger partial charge in [-0.15, -0.1) is 0 Å². The average molecular weight is 240 g/mol. The van der Waals surface area contributed by atoms with Crippen molar-refractivity contribution in [2.24, 2.45) is 5.92 Å². The van der Waals surface area contributed by atoms with Gasteiger partial charge >= 0.3 is 0 Å². The Bertz CT molecular complexity index is 248. The second-order valence-corrected chi connectivity index (χ2v) is 7.03. The molecule has 3 fully saturated rings. The van der Waals surface area contributed by atoms with Crippen LogP contribution in [0.25, 0.3) is 0 Å². The molecule has 1 heterocycles. The Labute approximate surface area is 104 Å². The molecule has 0 spiro atoms. The fourth-order valence-electron chi connectivity index (χ4n) is 4.02. The lowest BCUT2D eigenvalue weighted by Crippen LogP contribution is -2.51. The molecule has 3 aliphatic rings. The first-order valence-electron chi connectivity index (χ1n) is 6.82. The van der Waals surface area contributed by atoms with Crippen LogP contribution in [0.1, 0.15) is 32.1 Å². The molecule has 92 valence electrons. The summed E-state index contributed by atoms with van der Waals surface area (Å²) in [4.78, 5) is 2.85. The highest BCUT2D eigenvalue weighted by atomic mass is 32.2. The number of rotatable bonds is 2. The molecule has 1 saturated heterocycles. The molecule has 1 atom stereocenters. The number of fused-ring (bicyclic) bond motifs is 2. The Morgan fingerprint density at radius 1 is 1.31 bits per heavy atom. The van der Waals surface area contributed by atoms with Crippen molar-refractivity contribution in [3.05, 3.63) is 0 Å². The predicted octanol–water partition coefficient (Wildman–Crippen LogP) is 1.96. The lowest BCUT2D eigenvalue weighted by Gasteiger charge is -2.40. The van der Waals surface area contributed by atoms with Crippen molar-refractivity contribution >= 4 is 11.8 Å². The maximum atomic E-state index is 3.49. The van der Waals surface area contributed by atoms with E-state index < -0.39 is 0 Å². The van der Waals surface area contributed by atoms with Crippen molar-refractivity contribution in [1.82, 2.24) is 10.2 Å². The number of likely N-dealkylation sites (N-methyl/N-ethyl adjacent to an activating group) is 1. The molecule has 0 aromatic heterocycles. The molecule has 0 radical (unpaired) electrons. The molecule has 1 unspecified atom stereocenters. The Balaban J connectivity index is 1.72. The van der Waals surface area contributed by atoms with Crippen LogP contribution in [0.15, 0.2) is 0 Å². The Morgan fingerprint density at radius 3 is 2.75 bits per heavy atom. The molecule has 0 aromatic carbocycles. The van der Waals surface area contributed by atoms with Crippen molar-refractivity contribution in [3.8, 4) is 0 Å². The summed E-state index contributed by atoms with van der Waals surface area (Å²) in [5.74, 6) is 3.71. The summed E-state index contributed by atoms with van der Waals surface area (Å²) in [5.41, 5.74) is 0.630. The number of hydrogen-bond acceptors (Lipinski definition) is 3. The first-order valence-corrected chi connectivity index (χ1v) is 7.98. The minimum atomic E-state index is 0.630. The fraction of sp³-hybridized carbons (Fsp3) is 1.00. The molecule has 0 aromatic rings. The lowest BCUT2D eigenvalue weighted by molar-refractivity contribution is 0.0956. The Hall–Kier alpha value is 0.270. The van der Waals surface area contributed by atoms with E-state index in [1.54, 1.807) is 0 Å². The van der Waals surface area contributed by atoms with Crippen LogP contribution in [0.5, 0.6) is 0 Å². The third kappa shape index (κ3) is 1.91. The van der Waals surface area contributed by atoms with Gasteiger partial charge in [0.2, 0.25) is 0 Å². The first kappa shape index (κ1) is 11.4. The van der Waals surface area contributed by atoms with Crippen LogP contribution < -0.4 is 5.32 Å². The van der Waals surface area contributed by atoms with Gasteiger partial charge < -0.3 is 5.32 Å². The monoisotopic (exact) mass is 240 g/mol. The summed E-state index contributed by atoms with van der Waals surface area (Å²) in [5, 5.41) is 3.49. The zero-order chi connectivity index (χ0) is 11.0. The highest BCUT2D eigenvalue weighted by Gasteiger charge is 2.48. The predicted molar refractivity (Wildman–Crippen MR) is 71.1 cm³/mol. The van der Waals surface area contributed by atoms with Gasteiger partial charge in [-0.1, -0.05) is 0 Å². The third-order valence-electron chi connectivity index (χ3n) is 5.05. The van der Waals surface area contributed by atoms with Gasteiger partial charge in [0.25, 0.3) is 0 Å². The van der Waals surface area contributed by atoms with Gasteiger partial charge in [-0.25, -0.2) is 0 Å². The maximum absolute atomic E-state index is 3.49. The van der Waals surface area contributed by atoms with Crippen LogP contribution in [0.2, 0.25) is 0 Å². The zero-order valence-electron chi connectivity index (χ0n) is 10.4. The van der Waals surface area contributed by atoms with E-state index in [-0.39, 0.29) is 0 Å². The Kier molecular flexibility index (Phi) is 3.20. The molecule has 1 aliphatic heterocycles. The zero-order valence-corrected chi connectivity index (χ0v) is 11.2. The molecule has 2 aliphatic carbocycles. The second kappa shape index (κ2) is 4.51. The third-order valence-corrected chi connectivity index (χ3v) is 6.16. The molecule has 2 saturated carbocycles. The summed E-state index contributed by atoms with van der Waals surface area (Å²) in [6.45, 7) is 2.62. The molecular weight excluding hydrogens is 216 g/mol. The van der Waals surface area contributed by atoms with E-state index in [9.17, 15) is 0 Å². The molecule has 1 N–H and O–H groups in total. The SMILES string of the molecule is CNC1CSCCN(C23CCC(CC2)C3)C1. The minimum Gasteiger partial charge on any atom is -0.315 e. The smallest absolute Gasteiger partial charge is 0.0282 e. The lowest BCUT2D eigenvalue weighted by atomic mass is 9.91. The topological polar surface area (TPSA) is 15.3 Å². The summed E-state index contributed by atoms with van der Waals surface area (Å²) < 4.78 is 0. The van der Waals surface area contributed by atoms with Crippen molar-refractivity contribution in [2.75, 3.05) is 31.6 Å². The van der Waals surface area contributed by atoms with Crippen molar-refractivity contribution in [2.45, 2.75) is 43.7 Å². The van der Waals surface area contributed by atoms with Gasteiger partial charge in [0.1, 0.15) is 0 Å². The largest absolute Gasteiger partial charge is 0.315 e. The average Bonchev–Trinajstić information content (AvgIpc) is 2.83. The highest BCUT2D eigenvalue weighted by Crippen LogP contribution is 2.51. The second-order valence-electron chi connectivity index (χ2n) is 5.88. The van der Waals surface area contributed by atoms with Crippen LogP contribution in [-0.2, 0) is 0 Å². The minimum absolute atomic E-state index is 0.630. The number of nitrogens with zero attached hydrogens (tertiary/aromatic N) is 1. The fourth-order valence-corrected chi connectivity index (χ4v) is 5.09. The van der Waals surface area contributed by atoms with Gasteiger partial charge in [-0.3, -0.25) is 4.90 Å². The van der Waals surface area contributed by atoms with Crippen LogP contribution >= 0.6 is 11.8 Å². The van der Waals surface area contributed by atoms with E-state index in [1.807, 2.05) is 0 Å². The number of hydrogen-bond donors (Lipinski definition) is 1. The van der Waals surface area contributed by atoms with Gasteiger partial charge in [0.05, 0.1) is 0 Å². The summed E-state index contributed by atoms with van der Waals surface area (Å²) >= 11 is 2.13. The number of thioether (sulfide) groups is 1. The van der Waals surface area contributed by atoms with Crippen LogP contribution in [0.3, 0.4) is 0 Å². The number of nitrogens with one attached hydrogen (secondary N) is 1. The van der Waals surface area contributed by atoms with Gasteiger partial charge in [-0.2, -0.15) is 11.8 Å². The molecule has 16 heavy (non-hydrogen) atoms. The van der Waals surface area contributed by atoms with E-state index in [1.165, 1.54) is 56.7 Å². The molecule has 3 heteroatoms. The van der Waals surface area contributed by atoms with Gasteiger partial charge in [-0.05, 0) is 45.1 Å². The van der Waals surface area contributed by atoms with E-state index in [0.717, 1.165) is 5.92 Å².